The van der Waals surface area contributed by atoms with Crippen LogP contribution in [0.5, 0.6) is 5.75 Å². The summed E-state index contributed by atoms with van der Waals surface area (Å²) in [6.07, 6.45) is 0.302. The Labute approximate surface area is 106 Å². The van der Waals surface area contributed by atoms with Gasteiger partial charge in [0.1, 0.15) is 11.6 Å². The lowest BCUT2D eigenvalue weighted by Crippen LogP contribution is -1.89. The molecule has 0 spiro atoms. The number of H-pyrrole nitrogens is 1. The van der Waals surface area contributed by atoms with Gasteiger partial charge in [0.25, 0.3) is 0 Å². The minimum Gasteiger partial charge on any atom is -0.496 e. The van der Waals surface area contributed by atoms with Crippen LogP contribution in [0.2, 0.25) is 0 Å². The van der Waals surface area contributed by atoms with Gasteiger partial charge < -0.3 is 9.72 Å². The Hall–Kier alpha value is -2.28. The first-order valence-corrected chi connectivity index (χ1v) is 5.73. The largest absolute Gasteiger partial charge is 0.496 e. The lowest BCUT2D eigenvalue weighted by Gasteiger charge is -2.06. The van der Waals surface area contributed by atoms with Crippen molar-refractivity contribution < 1.29 is 4.74 Å². The van der Waals surface area contributed by atoms with Gasteiger partial charge in [-0.15, -0.1) is 0 Å². The molecule has 0 saturated carbocycles. The molecule has 18 heavy (non-hydrogen) atoms. The maximum atomic E-state index is 8.68. The number of imidazole rings is 1. The fraction of sp³-hybridized carbons (Fsp3) is 0.286. The van der Waals surface area contributed by atoms with E-state index in [1.165, 1.54) is 0 Å². The summed E-state index contributed by atoms with van der Waals surface area (Å²) < 4.78 is 5.24. The van der Waals surface area contributed by atoms with E-state index < -0.39 is 0 Å². The van der Waals surface area contributed by atoms with Gasteiger partial charge in [0.05, 0.1) is 25.3 Å². The van der Waals surface area contributed by atoms with E-state index in [4.69, 9.17) is 10.00 Å². The number of aromatic nitrogens is 2. The zero-order valence-corrected chi connectivity index (χ0v) is 10.7. The number of ether oxygens (including phenoxy) is 1. The zero-order chi connectivity index (χ0) is 13.1. The number of hydrogen-bond acceptors (Lipinski definition) is 3. The molecule has 0 fully saturated rings. The fourth-order valence-corrected chi connectivity index (χ4v) is 1.99. The minimum absolute atomic E-state index is 0.302. The van der Waals surface area contributed by atoms with Gasteiger partial charge >= 0.3 is 0 Å². The molecule has 2 rings (SSSR count). The van der Waals surface area contributed by atoms with Crippen LogP contribution in [-0.2, 0) is 6.42 Å². The molecule has 2 aromatic rings. The van der Waals surface area contributed by atoms with E-state index in [2.05, 4.69) is 16.0 Å². The van der Waals surface area contributed by atoms with Crippen LogP contribution in [0.1, 0.15) is 17.1 Å². The lowest BCUT2D eigenvalue weighted by atomic mass is 10.1. The molecule has 0 aliphatic rings. The van der Waals surface area contributed by atoms with Gasteiger partial charge in [-0.3, -0.25) is 0 Å². The van der Waals surface area contributed by atoms with Gasteiger partial charge in [-0.2, -0.15) is 5.26 Å². The molecule has 0 atom stereocenters. The van der Waals surface area contributed by atoms with Gasteiger partial charge in [-0.05, 0) is 37.6 Å². The summed E-state index contributed by atoms with van der Waals surface area (Å²) in [5.74, 6) is 1.57. The third-order valence-corrected chi connectivity index (χ3v) is 2.85. The molecule has 4 heteroatoms. The number of nitriles is 1. The highest BCUT2D eigenvalue weighted by molar-refractivity contribution is 5.64. The summed E-state index contributed by atoms with van der Waals surface area (Å²) in [4.78, 5) is 7.57. The van der Waals surface area contributed by atoms with Crippen LogP contribution >= 0.6 is 0 Å². The van der Waals surface area contributed by atoms with E-state index in [0.717, 1.165) is 28.3 Å². The zero-order valence-electron chi connectivity index (χ0n) is 10.7. The number of nitrogens with one attached hydrogen (secondary N) is 1. The minimum atomic E-state index is 0.302. The molecule has 1 aromatic carbocycles. The Kier molecular flexibility index (Phi) is 3.33. The summed E-state index contributed by atoms with van der Waals surface area (Å²) in [7, 11) is 1.66. The van der Waals surface area contributed by atoms with Crippen molar-refractivity contribution in [3.05, 3.63) is 35.3 Å². The molecular formula is C14H15N3O. The first-order valence-electron chi connectivity index (χ1n) is 5.73. The molecule has 0 bridgehead atoms. The third kappa shape index (κ3) is 2.21. The second kappa shape index (κ2) is 4.92. The molecule has 0 aliphatic heterocycles. The van der Waals surface area contributed by atoms with E-state index >= 15 is 0 Å². The highest BCUT2D eigenvalue weighted by atomic mass is 16.5. The van der Waals surface area contributed by atoms with Gasteiger partial charge in [0, 0.05) is 11.3 Å². The summed E-state index contributed by atoms with van der Waals surface area (Å²) in [5, 5.41) is 8.68. The second-order valence-corrected chi connectivity index (χ2v) is 4.18. The van der Waals surface area contributed by atoms with Crippen LogP contribution < -0.4 is 4.74 Å². The third-order valence-electron chi connectivity index (χ3n) is 2.85. The number of benzene rings is 1. The molecule has 1 aromatic heterocycles. The van der Waals surface area contributed by atoms with Crippen LogP contribution in [0.15, 0.2) is 18.2 Å². The molecule has 92 valence electrons. The molecule has 1 N–H and O–H groups in total. The molecule has 0 saturated heterocycles. The van der Waals surface area contributed by atoms with Crippen LogP contribution in [0.3, 0.4) is 0 Å². The van der Waals surface area contributed by atoms with Crippen molar-refractivity contribution >= 4 is 0 Å². The summed E-state index contributed by atoms with van der Waals surface area (Å²) >= 11 is 0. The number of nitrogens with zero attached hydrogens (tertiary/aromatic N) is 2. The quantitative estimate of drug-likeness (QED) is 0.898. The lowest BCUT2D eigenvalue weighted by molar-refractivity contribution is 0.412. The molecular weight excluding hydrogens is 226 g/mol. The van der Waals surface area contributed by atoms with Crippen molar-refractivity contribution in [1.29, 1.82) is 5.26 Å². The topological polar surface area (TPSA) is 61.7 Å². The van der Waals surface area contributed by atoms with E-state index in [1.54, 1.807) is 7.11 Å². The Morgan fingerprint density at radius 2 is 2.17 bits per heavy atom. The standard InChI is InChI=1S/C14H15N3O/c1-9-8-11(4-5-12(9)18-3)14-10(2)16-13(17-14)6-7-15/h4-5,8H,6H2,1-3H3,(H,16,17). The summed E-state index contributed by atoms with van der Waals surface area (Å²) in [6, 6.07) is 8.04. The van der Waals surface area contributed by atoms with Crippen LogP contribution in [0.25, 0.3) is 11.3 Å². The van der Waals surface area contributed by atoms with Crippen molar-refractivity contribution in [1.82, 2.24) is 9.97 Å². The van der Waals surface area contributed by atoms with E-state index in [1.807, 2.05) is 32.0 Å². The van der Waals surface area contributed by atoms with E-state index in [9.17, 15) is 0 Å². The SMILES string of the molecule is COc1ccc(-c2nc(CC#N)[nH]c2C)cc1C. The Balaban J connectivity index is 2.42. The van der Waals surface area contributed by atoms with Crippen LogP contribution in [0.4, 0.5) is 0 Å². The number of aryl methyl sites for hydroxylation is 2. The molecule has 0 aliphatic carbocycles. The normalized spacial score (nSPS) is 10.1. The Bertz CT molecular complexity index is 608. The van der Waals surface area contributed by atoms with Crippen molar-refractivity contribution in [2.45, 2.75) is 20.3 Å². The fourth-order valence-electron chi connectivity index (χ4n) is 1.99. The van der Waals surface area contributed by atoms with Crippen LogP contribution in [-0.4, -0.2) is 17.1 Å². The van der Waals surface area contributed by atoms with Gasteiger partial charge in [0.2, 0.25) is 0 Å². The average molecular weight is 241 g/mol. The van der Waals surface area contributed by atoms with Gasteiger partial charge in [-0.25, -0.2) is 4.98 Å². The van der Waals surface area contributed by atoms with Crippen molar-refractivity contribution in [3.63, 3.8) is 0 Å². The molecule has 0 unspecified atom stereocenters. The highest BCUT2D eigenvalue weighted by Crippen LogP contribution is 2.26. The Morgan fingerprint density at radius 3 is 2.78 bits per heavy atom. The molecule has 0 radical (unpaired) electrons. The maximum absolute atomic E-state index is 8.68. The molecule has 4 nitrogen and oxygen atoms in total. The predicted octanol–water partition coefficient (Wildman–Crippen LogP) is 2.77. The number of methoxy groups -OCH3 is 1. The molecule has 1 heterocycles. The highest BCUT2D eigenvalue weighted by Gasteiger charge is 2.10. The van der Waals surface area contributed by atoms with Crippen molar-refractivity contribution in [3.8, 4) is 23.1 Å². The van der Waals surface area contributed by atoms with Crippen molar-refractivity contribution in [2.75, 3.05) is 7.11 Å². The summed E-state index contributed by atoms with van der Waals surface area (Å²) in [5.41, 5.74) is 3.97. The molecule has 0 amide bonds. The second-order valence-electron chi connectivity index (χ2n) is 4.18. The van der Waals surface area contributed by atoms with Gasteiger partial charge in [0.15, 0.2) is 0 Å². The summed E-state index contributed by atoms with van der Waals surface area (Å²) in [6.45, 7) is 3.96. The van der Waals surface area contributed by atoms with Crippen molar-refractivity contribution in [2.24, 2.45) is 0 Å². The number of rotatable bonds is 3. The first kappa shape index (κ1) is 12.2. The van der Waals surface area contributed by atoms with Gasteiger partial charge in [-0.1, -0.05) is 0 Å². The Morgan fingerprint density at radius 1 is 1.39 bits per heavy atom. The monoisotopic (exact) mass is 241 g/mol. The maximum Gasteiger partial charge on any atom is 0.121 e. The first-order chi connectivity index (χ1) is 8.65. The smallest absolute Gasteiger partial charge is 0.121 e. The average Bonchev–Trinajstić information content (AvgIpc) is 2.71. The van der Waals surface area contributed by atoms with E-state index in [0.29, 0.717) is 12.2 Å². The number of aromatic amines is 1. The number of hydrogen-bond donors (Lipinski definition) is 1. The van der Waals surface area contributed by atoms with E-state index in [-0.39, 0.29) is 0 Å². The predicted molar refractivity (Wildman–Crippen MR) is 69.4 cm³/mol. The van der Waals surface area contributed by atoms with Crippen LogP contribution in [0, 0.1) is 25.2 Å².